The van der Waals surface area contributed by atoms with Crippen molar-refractivity contribution in [2.24, 2.45) is 0 Å². The van der Waals surface area contributed by atoms with E-state index in [0.717, 1.165) is 79.9 Å². The zero-order chi connectivity index (χ0) is 25.7. The molecule has 192 valence electrons. The molecule has 0 spiro atoms. The first kappa shape index (κ1) is 24.1. The van der Waals surface area contributed by atoms with Gasteiger partial charge in [0.05, 0.1) is 29.0 Å². The van der Waals surface area contributed by atoms with Gasteiger partial charge in [0.15, 0.2) is 5.82 Å². The Hall–Kier alpha value is -4.26. The number of rotatable bonds is 4. The Kier molecular flexibility index (Phi) is 6.98. The molecule has 1 saturated heterocycles. The molecule has 0 atom stereocenters. The molecule has 0 amide bonds. The SMILES string of the molecule is Fc1cccc(-c2cncc3[nH]c(-c4[nH]ncc4C#CC4=C/NCCC/C(CN5CCNCC5)=C\4)nc23)c1. The minimum absolute atomic E-state index is 0.301. The van der Waals surface area contributed by atoms with Gasteiger partial charge in [-0.25, -0.2) is 9.37 Å². The van der Waals surface area contributed by atoms with Gasteiger partial charge in [0.2, 0.25) is 0 Å². The van der Waals surface area contributed by atoms with Gasteiger partial charge in [-0.3, -0.25) is 15.0 Å². The summed E-state index contributed by atoms with van der Waals surface area (Å²) in [4.78, 5) is 15.0. The Morgan fingerprint density at radius 2 is 1.97 bits per heavy atom. The van der Waals surface area contributed by atoms with Crippen molar-refractivity contribution in [2.75, 3.05) is 39.3 Å². The van der Waals surface area contributed by atoms with Gasteiger partial charge in [0, 0.05) is 62.8 Å². The van der Waals surface area contributed by atoms with Gasteiger partial charge in [0.1, 0.15) is 11.5 Å². The Morgan fingerprint density at radius 1 is 1.05 bits per heavy atom. The number of halogens is 1. The Bertz CT molecular complexity index is 1560. The van der Waals surface area contributed by atoms with E-state index in [1.165, 1.54) is 17.7 Å². The van der Waals surface area contributed by atoms with E-state index < -0.39 is 0 Å². The fourth-order valence-corrected chi connectivity index (χ4v) is 4.91. The van der Waals surface area contributed by atoms with Crippen molar-refractivity contribution in [3.05, 3.63) is 77.7 Å². The average molecular weight is 509 g/mol. The van der Waals surface area contributed by atoms with E-state index in [4.69, 9.17) is 4.98 Å². The van der Waals surface area contributed by atoms with Gasteiger partial charge in [-0.15, -0.1) is 0 Å². The summed E-state index contributed by atoms with van der Waals surface area (Å²) in [6.45, 7) is 6.16. The highest BCUT2D eigenvalue weighted by Crippen LogP contribution is 2.29. The van der Waals surface area contributed by atoms with Crippen LogP contribution in [0.25, 0.3) is 33.7 Å². The number of pyridine rings is 1. The van der Waals surface area contributed by atoms with Gasteiger partial charge in [-0.05, 0) is 36.6 Å². The molecule has 5 heterocycles. The van der Waals surface area contributed by atoms with Crippen LogP contribution >= 0.6 is 0 Å². The summed E-state index contributed by atoms with van der Waals surface area (Å²) in [5.41, 5.74) is 6.74. The highest BCUT2D eigenvalue weighted by molar-refractivity contribution is 5.92. The van der Waals surface area contributed by atoms with Crippen molar-refractivity contribution in [1.82, 2.24) is 40.7 Å². The van der Waals surface area contributed by atoms with E-state index >= 15 is 0 Å². The molecule has 6 rings (SSSR count). The van der Waals surface area contributed by atoms with Gasteiger partial charge in [-0.1, -0.05) is 29.5 Å². The zero-order valence-electron chi connectivity index (χ0n) is 21.0. The van der Waals surface area contributed by atoms with Crippen LogP contribution in [0.3, 0.4) is 0 Å². The van der Waals surface area contributed by atoms with Crippen LogP contribution in [0.1, 0.15) is 18.4 Å². The van der Waals surface area contributed by atoms with E-state index in [9.17, 15) is 4.39 Å². The summed E-state index contributed by atoms with van der Waals surface area (Å²) in [7, 11) is 0. The fourth-order valence-electron chi connectivity index (χ4n) is 4.91. The van der Waals surface area contributed by atoms with Crippen LogP contribution in [0, 0.1) is 17.7 Å². The van der Waals surface area contributed by atoms with Crippen LogP contribution in [0.4, 0.5) is 4.39 Å². The second kappa shape index (κ2) is 11.0. The second-order valence-electron chi connectivity index (χ2n) is 9.57. The van der Waals surface area contributed by atoms with Crippen LogP contribution in [-0.4, -0.2) is 69.3 Å². The molecule has 0 saturated carbocycles. The van der Waals surface area contributed by atoms with Gasteiger partial charge < -0.3 is 15.6 Å². The van der Waals surface area contributed by atoms with E-state index in [2.05, 4.69) is 53.6 Å². The van der Waals surface area contributed by atoms with Crippen LogP contribution in [0.15, 0.2) is 66.3 Å². The third-order valence-electron chi connectivity index (χ3n) is 6.82. The van der Waals surface area contributed by atoms with Crippen LogP contribution < -0.4 is 10.6 Å². The smallest absolute Gasteiger partial charge is 0.157 e. The average Bonchev–Trinajstić information content (AvgIpc) is 3.57. The summed E-state index contributed by atoms with van der Waals surface area (Å²) in [6.07, 6.45) is 11.5. The van der Waals surface area contributed by atoms with E-state index in [0.29, 0.717) is 17.0 Å². The minimum Gasteiger partial charge on any atom is -0.390 e. The van der Waals surface area contributed by atoms with Crippen molar-refractivity contribution in [3.63, 3.8) is 0 Å². The number of benzene rings is 1. The lowest BCUT2D eigenvalue weighted by molar-refractivity contribution is 0.257. The molecule has 38 heavy (non-hydrogen) atoms. The number of piperazine rings is 1. The summed E-state index contributed by atoms with van der Waals surface area (Å²) in [5, 5.41) is 14.1. The molecular formula is C29H29FN8. The Balaban J connectivity index is 1.29. The van der Waals surface area contributed by atoms with Gasteiger partial charge >= 0.3 is 0 Å². The minimum atomic E-state index is -0.301. The maximum absolute atomic E-state index is 13.9. The normalized spacial score (nSPS) is 19.3. The highest BCUT2D eigenvalue weighted by atomic mass is 19.1. The van der Waals surface area contributed by atoms with Crippen molar-refractivity contribution in [2.45, 2.75) is 12.8 Å². The zero-order valence-corrected chi connectivity index (χ0v) is 21.0. The number of H-pyrrole nitrogens is 2. The molecule has 2 aliphatic rings. The number of aromatic nitrogens is 5. The molecule has 1 fully saturated rings. The molecule has 3 aromatic heterocycles. The molecule has 4 N–H and O–H groups in total. The molecular weight excluding hydrogens is 479 g/mol. The molecule has 0 unspecified atom stereocenters. The van der Waals surface area contributed by atoms with Crippen molar-refractivity contribution in [3.8, 4) is 34.5 Å². The largest absolute Gasteiger partial charge is 0.390 e. The first-order valence-corrected chi connectivity index (χ1v) is 12.9. The molecule has 2 aliphatic heterocycles. The quantitative estimate of drug-likeness (QED) is 0.315. The first-order chi connectivity index (χ1) is 18.7. The van der Waals surface area contributed by atoms with Gasteiger partial charge in [0.25, 0.3) is 0 Å². The number of aromatic amines is 2. The standard InChI is InChI=1S/C29H29FN8/c30-24-5-1-4-22(14-24)25-17-33-18-26-28(25)36-29(35-26)27-23(16-34-37-27)7-6-20-13-21(3-2-8-32-15-20)19-38-11-9-31-10-12-38/h1,4-5,13-18,31-32H,2-3,8-12,19H2,(H,34,37)(H,35,36)/b20-15-,21-13+. The van der Waals surface area contributed by atoms with Crippen LogP contribution in [0.5, 0.6) is 0 Å². The molecule has 8 nitrogen and oxygen atoms in total. The van der Waals surface area contributed by atoms with Crippen molar-refractivity contribution in [1.29, 1.82) is 0 Å². The lowest BCUT2D eigenvalue weighted by atomic mass is 10.0. The summed E-state index contributed by atoms with van der Waals surface area (Å²) < 4.78 is 13.9. The lowest BCUT2D eigenvalue weighted by Crippen LogP contribution is -2.44. The highest BCUT2D eigenvalue weighted by Gasteiger charge is 2.15. The molecule has 0 aliphatic carbocycles. The number of fused-ring (bicyclic) bond motifs is 1. The Morgan fingerprint density at radius 3 is 2.87 bits per heavy atom. The maximum atomic E-state index is 13.9. The molecule has 9 heteroatoms. The molecule has 0 bridgehead atoms. The number of imidazole rings is 1. The second-order valence-corrected chi connectivity index (χ2v) is 9.57. The number of nitrogens with zero attached hydrogens (tertiary/aromatic N) is 4. The summed E-state index contributed by atoms with van der Waals surface area (Å²) in [6, 6.07) is 6.44. The van der Waals surface area contributed by atoms with Crippen LogP contribution in [0.2, 0.25) is 0 Å². The van der Waals surface area contributed by atoms with E-state index in [1.54, 1.807) is 24.7 Å². The molecule has 0 radical (unpaired) electrons. The predicted molar refractivity (Wildman–Crippen MR) is 146 cm³/mol. The predicted octanol–water partition coefficient (Wildman–Crippen LogP) is 3.60. The molecule has 1 aromatic carbocycles. The third-order valence-corrected chi connectivity index (χ3v) is 6.82. The number of nitrogens with one attached hydrogen (secondary N) is 4. The lowest BCUT2D eigenvalue weighted by Gasteiger charge is -2.28. The molecule has 4 aromatic rings. The number of hydrogen-bond acceptors (Lipinski definition) is 6. The fraction of sp³-hybridized carbons (Fsp3) is 0.276. The monoisotopic (exact) mass is 508 g/mol. The van der Waals surface area contributed by atoms with Gasteiger partial charge in [-0.2, -0.15) is 5.10 Å². The van der Waals surface area contributed by atoms with Crippen molar-refractivity contribution >= 4 is 11.0 Å². The summed E-state index contributed by atoms with van der Waals surface area (Å²) >= 11 is 0. The van der Waals surface area contributed by atoms with Crippen LogP contribution in [-0.2, 0) is 0 Å². The first-order valence-electron chi connectivity index (χ1n) is 12.9. The maximum Gasteiger partial charge on any atom is 0.157 e. The number of allylic oxidation sites excluding steroid dienone is 2. The topological polar surface area (TPSA) is 97.5 Å². The van der Waals surface area contributed by atoms with Crippen molar-refractivity contribution < 1.29 is 4.39 Å². The summed E-state index contributed by atoms with van der Waals surface area (Å²) in [5.74, 6) is 6.92. The number of hydrogen-bond donors (Lipinski definition) is 4. The Labute approximate surface area is 220 Å². The van der Waals surface area contributed by atoms with E-state index in [-0.39, 0.29) is 5.82 Å². The third kappa shape index (κ3) is 5.37. The van der Waals surface area contributed by atoms with E-state index in [1.807, 2.05) is 12.3 Å².